The molecule has 0 saturated heterocycles. The van der Waals surface area contributed by atoms with Crippen molar-refractivity contribution in [3.05, 3.63) is 52.8 Å². The van der Waals surface area contributed by atoms with E-state index in [0.717, 1.165) is 16.8 Å². The van der Waals surface area contributed by atoms with Crippen molar-refractivity contribution >= 4 is 35.0 Å². The van der Waals surface area contributed by atoms with Crippen molar-refractivity contribution in [1.82, 2.24) is 25.2 Å². The molecule has 2 aromatic heterocycles. The lowest BCUT2D eigenvalue weighted by molar-refractivity contribution is -0.115. The van der Waals surface area contributed by atoms with E-state index in [0.29, 0.717) is 10.8 Å². The number of halogens is 1. The maximum absolute atomic E-state index is 12.5. The van der Waals surface area contributed by atoms with E-state index in [2.05, 4.69) is 25.8 Å². The van der Waals surface area contributed by atoms with Crippen LogP contribution >= 0.6 is 23.4 Å². The number of carbonyl (C=O) groups excluding carboxylic acids is 1. The molecule has 1 N–H and O–H groups in total. The SMILES string of the molecule is Cc1ccc(C)c(-n2nnnc2S[C@@H](C)C(=O)Nc2cccnc2Cl)c1. The molecular weight excluding hydrogens is 372 g/mol. The molecule has 0 saturated carbocycles. The van der Waals surface area contributed by atoms with Gasteiger partial charge in [-0.2, -0.15) is 4.68 Å². The smallest absolute Gasteiger partial charge is 0.237 e. The monoisotopic (exact) mass is 388 g/mol. The third-order valence-corrected chi connectivity index (χ3v) is 5.04. The Bertz CT molecular complexity index is 945. The molecule has 134 valence electrons. The molecule has 0 aliphatic carbocycles. The van der Waals surface area contributed by atoms with Gasteiger partial charge in [0.15, 0.2) is 5.15 Å². The molecule has 0 bridgehead atoms. The maximum Gasteiger partial charge on any atom is 0.237 e. The van der Waals surface area contributed by atoms with Crippen molar-refractivity contribution in [2.45, 2.75) is 31.2 Å². The number of amides is 1. The van der Waals surface area contributed by atoms with Gasteiger partial charge in [0.05, 0.1) is 16.6 Å². The van der Waals surface area contributed by atoms with E-state index >= 15 is 0 Å². The number of hydrogen-bond acceptors (Lipinski definition) is 6. The summed E-state index contributed by atoms with van der Waals surface area (Å²) in [6.45, 7) is 5.78. The summed E-state index contributed by atoms with van der Waals surface area (Å²) in [6, 6.07) is 9.46. The van der Waals surface area contributed by atoms with Crippen LogP contribution in [0.5, 0.6) is 0 Å². The molecule has 0 unspecified atom stereocenters. The number of benzene rings is 1. The topological polar surface area (TPSA) is 85.6 Å². The van der Waals surface area contributed by atoms with Gasteiger partial charge >= 0.3 is 0 Å². The first kappa shape index (κ1) is 18.3. The molecule has 9 heteroatoms. The van der Waals surface area contributed by atoms with E-state index in [1.165, 1.54) is 11.8 Å². The molecule has 7 nitrogen and oxygen atoms in total. The lowest BCUT2D eigenvalue weighted by atomic mass is 10.1. The van der Waals surface area contributed by atoms with Crippen LogP contribution in [-0.4, -0.2) is 36.3 Å². The number of carbonyl (C=O) groups is 1. The van der Waals surface area contributed by atoms with Crippen molar-refractivity contribution in [1.29, 1.82) is 0 Å². The number of hydrogen-bond donors (Lipinski definition) is 1. The maximum atomic E-state index is 12.5. The first-order valence-electron chi connectivity index (χ1n) is 7.89. The second-order valence-electron chi connectivity index (χ2n) is 5.75. The summed E-state index contributed by atoms with van der Waals surface area (Å²) in [6.07, 6.45) is 1.56. The summed E-state index contributed by atoms with van der Waals surface area (Å²) >= 11 is 7.25. The van der Waals surface area contributed by atoms with Crippen molar-refractivity contribution in [3.8, 4) is 5.69 Å². The fraction of sp³-hybridized carbons (Fsp3) is 0.235. The number of nitrogens with one attached hydrogen (secondary N) is 1. The van der Waals surface area contributed by atoms with Gasteiger partial charge in [0.1, 0.15) is 0 Å². The third-order valence-electron chi connectivity index (χ3n) is 3.70. The van der Waals surface area contributed by atoms with Gasteiger partial charge in [-0.3, -0.25) is 4.79 Å². The molecular formula is C17H17ClN6OS. The molecule has 0 spiro atoms. The predicted octanol–water partition coefficient (Wildman–Crippen LogP) is 3.45. The second kappa shape index (κ2) is 7.84. The molecule has 3 aromatic rings. The highest BCUT2D eigenvalue weighted by molar-refractivity contribution is 8.00. The van der Waals surface area contributed by atoms with E-state index in [4.69, 9.17) is 11.6 Å². The minimum atomic E-state index is -0.430. The first-order chi connectivity index (χ1) is 12.5. The van der Waals surface area contributed by atoms with Gasteiger partial charge in [-0.05, 0) is 60.5 Å². The molecule has 1 atom stereocenters. The lowest BCUT2D eigenvalue weighted by Crippen LogP contribution is -2.23. The minimum Gasteiger partial charge on any atom is -0.322 e. The van der Waals surface area contributed by atoms with Gasteiger partial charge < -0.3 is 5.32 Å². The molecule has 3 rings (SSSR count). The van der Waals surface area contributed by atoms with E-state index < -0.39 is 5.25 Å². The Morgan fingerprint density at radius 3 is 2.88 bits per heavy atom. The van der Waals surface area contributed by atoms with Gasteiger partial charge in [0.2, 0.25) is 11.1 Å². The number of thioether (sulfide) groups is 1. The standard InChI is InChI=1S/C17H17ClN6OS/c1-10-6-7-11(2)14(9-10)24-17(21-22-23-24)26-12(3)16(25)20-13-5-4-8-19-15(13)18/h4-9,12H,1-3H3,(H,20,25)/t12-/m0/s1. The summed E-state index contributed by atoms with van der Waals surface area (Å²) in [7, 11) is 0. The Balaban J connectivity index is 1.77. The number of nitrogens with zero attached hydrogens (tertiary/aromatic N) is 5. The Morgan fingerprint density at radius 2 is 2.12 bits per heavy atom. The summed E-state index contributed by atoms with van der Waals surface area (Å²) in [4.78, 5) is 16.4. The van der Waals surface area contributed by atoms with Crippen LogP contribution < -0.4 is 5.32 Å². The first-order valence-corrected chi connectivity index (χ1v) is 9.15. The van der Waals surface area contributed by atoms with Crippen LogP contribution in [0.1, 0.15) is 18.1 Å². The van der Waals surface area contributed by atoms with Gasteiger partial charge in [0.25, 0.3) is 0 Å². The Hall–Kier alpha value is -2.45. The normalized spacial score (nSPS) is 12.0. The van der Waals surface area contributed by atoms with E-state index in [1.807, 2.05) is 32.0 Å². The fourth-order valence-electron chi connectivity index (χ4n) is 2.28. The number of tetrazole rings is 1. The van der Waals surface area contributed by atoms with Crippen molar-refractivity contribution in [2.24, 2.45) is 0 Å². The number of aromatic nitrogens is 5. The lowest BCUT2D eigenvalue weighted by Gasteiger charge is -2.13. The zero-order valence-electron chi connectivity index (χ0n) is 14.5. The van der Waals surface area contributed by atoms with Crippen LogP contribution in [-0.2, 0) is 4.79 Å². The molecule has 2 heterocycles. The Morgan fingerprint density at radius 1 is 1.31 bits per heavy atom. The number of aryl methyl sites for hydroxylation is 2. The van der Waals surface area contributed by atoms with E-state index in [1.54, 1.807) is 29.9 Å². The van der Waals surface area contributed by atoms with Crippen LogP contribution in [0.4, 0.5) is 5.69 Å². The van der Waals surface area contributed by atoms with Crippen molar-refractivity contribution < 1.29 is 4.79 Å². The average molecular weight is 389 g/mol. The Labute approximate surface area is 160 Å². The summed E-state index contributed by atoms with van der Waals surface area (Å²) in [5.74, 6) is -0.208. The summed E-state index contributed by atoms with van der Waals surface area (Å²) < 4.78 is 1.65. The quantitative estimate of drug-likeness (QED) is 0.532. The number of pyridine rings is 1. The van der Waals surface area contributed by atoms with Gasteiger partial charge in [-0.25, -0.2) is 4.98 Å². The summed E-state index contributed by atoms with van der Waals surface area (Å²) in [5, 5.41) is 15.0. The number of anilines is 1. The van der Waals surface area contributed by atoms with Crippen molar-refractivity contribution in [3.63, 3.8) is 0 Å². The largest absolute Gasteiger partial charge is 0.322 e. The third kappa shape index (κ3) is 4.03. The molecule has 0 aliphatic rings. The predicted molar refractivity (Wildman–Crippen MR) is 102 cm³/mol. The molecule has 1 aromatic carbocycles. The van der Waals surface area contributed by atoms with Crippen LogP contribution in [0.3, 0.4) is 0 Å². The van der Waals surface area contributed by atoms with Crippen LogP contribution in [0.15, 0.2) is 41.7 Å². The fourth-order valence-corrected chi connectivity index (χ4v) is 3.24. The number of rotatable bonds is 5. The van der Waals surface area contributed by atoms with E-state index in [-0.39, 0.29) is 11.1 Å². The van der Waals surface area contributed by atoms with Crippen LogP contribution in [0.25, 0.3) is 5.69 Å². The zero-order valence-corrected chi connectivity index (χ0v) is 16.0. The molecule has 1 amide bonds. The molecule has 0 radical (unpaired) electrons. The highest BCUT2D eigenvalue weighted by atomic mass is 35.5. The molecule has 0 fully saturated rings. The summed E-state index contributed by atoms with van der Waals surface area (Å²) in [5.41, 5.74) is 3.51. The molecule has 26 heavy (non-hydrogen) atoms. The van der Waals surface area contributed by atoms with Crippen molar-refractivity contribution in [2.75, 3.05) is 5.32 Å². The highest BCUT2D eigenvalue weighted by Crippen LogP contribution is 2.26. The highest BCUT2D eigenvalue weighted by Gasteiger charge is 2.20. The van der Waals surface area contributed by atoms with Crippen LogP contribution in [0, 0.1) is 13.8 Å². The van der Waals surface area contributed by atoms with E-state index in [9.17, 15) is 4.79 Å². The van der Waals surface area contributed by atoms with Crippen LogP contribution in [0.2, 0.25) is 5.15 Å². The van der Waals surface area contributed by atoms with Gasteiger partial charge in [-0.15, -0.1) is 5.10 Å². The Kier molecular flexibility index (Phi) is 5.53. The zero-order chi connectivity index (χ0) is 18.7. The molecule has 0 aliphatic heterocycles. The average Bonchev–Trinajstić information content (AvgIpc) is 3.07. The van der Waals surface area contributed by atoms with Gasteiger partial charge in [0, 0.05) is 6.20 Å². The minimum absolute atomic E-state index is 0.208. The van der Waals surface area contributed by atoms with Gasteiger partial charge in [-0.1, -0.05) is 35.5 Å². The second-order valence-corrected chi connectivity index (χ2v) is 7.42.